The van der Waals surface area contributed by atoms with E-state index in [0.29, 0.717) is 5.75 Å². The third-order valence-electron chi connectivity index (χ3n) is 5.33. The highest BCUT2D eigenvalue weighted by Gasteiger charge is 2.31. The van der Waals surface area contributed by atoms with Crippen LogP contribution in [0.2, 0.25) is 0 Å². The predicted molar refractivity (Wildman–Crippen MR) is 132 cm³/mol. The van der Waals surface area contributed by atoms with Crippen LogP contribution in [0.3, 0.4) is 0 Å². The predicted octanol–water partition coefficient (Wildman–Crippen LogP) is 2.30. The van der Waals surface area contributed by atoms with Crippen molar-refractivity contribution in [2.24, 2.45) is 5.92 Å². The molecule has 0 unspecified atom stereocenters. The molecule has 0 aromatic heterocycles. The van der Waals surface area contributed by atoms with Gasteiger partial charge in [0, 0.05) is 19.5 Å². The second-order valence-electron chi connectivity index (χ2n) is 8.72. The van der Waals surface area contributed by atoms with Crippen LogP contribution < -0.4 is 10.1 Å². The first kappa shape index (κ1) is 28.3. The minimum absolute atomic E-state index is 0.0204. The first-order valence-corrected chi connectivity index (χ1v) is 12.8. The molecule has 9 nitrogen and oxygen atoms in total. The van der Waals surface area contributed by atoms with Crippen LogP contribution in [0, 0.1) is 5.92 Å². The maximum atomic E-state index is 13.4. The summed E-state index contributed by atoms with van der Waals surface area (Å²) >= 11 is 0. The summed E-state index contributed by atoms with van der Waals surface area (Å²) in [6, 6.07) is 14.3. The molecule has 35 heavy (non-hydrogen) atoms. The summed E-state index contributed by atoms with van der Waals surface area (Å²) in [5, 5.41) is 22.7. The van der Waals surface area contributed by atoms with Crippen LogP contribution >= 0.6 is 0 Å². The van der Waals surface area contributed by atoms with Crippen LogP contribution in [0.1, 0.15) is 32.3 Å². The quantitative estimate of drug-likeness (QED) is 0.358. The van der Waals surface area contributed by atoms with Crippen LogP contribution in [0.15, 0.2) is 59.5 Å². The lowest BCUT2D eigenvalue weighted by Gasteiger charge is -2.30. The average Bonchev–Trinajstić information content (AvgIpc) is 2.82. The summed E-state index contributed by atoms with van der Waals surface area (Å²) in [6.45, 7) is 3.66. The Morgan fingerprint density at radius 2 is 1.63 bits per heavy atom. The molecule has 0 aliphatic rings. The summed E-state index contributed by atoms with van der Waals surface area (Å²) in [4.78, 5) is 23.3. The smallest absolute Gasteiger partial charge is 0.303 e. The largest absolute Gasteiger partial charge is 0.497 e. The van der Waals surface area contributed by atoms with Gasteiger partial charge >= 0.3 is 5.97 Å². The number of aliphatic hydroxyl groups is 1. The molecule has 2 aromatic rings. The lowest BCUT2D eigenvalue weighted by Crippen LogP contribution is -2.51. The van der Waals surface area contributed by atoms with E-state index >= 15 is 0 Å². The lowest BCUT2D eigenvalue weighted by molar-refractivity contribution is -0.139. The number of ether oxygens (including phenoxy) is 1. The highest BCUT2D eigenvalue weighted by molar-refractivity contribution is 7.89. The molecule has 192 valence electrons. The Hall–Kier alpha value is -2.95. The Labute approximate surface area is 206 Å². The van der Waals surface area contributed by atoms with Crippen LogP contribution in [0.25, 0.3) is 0 Å². The minimum Gasteiger partial charge on any atom is -0.497 e. The van der Waals surface area contributed by atoms with Crippen molar-refractivity contribution in [3.05, 3.63) is 60.2 Å². The maximum absolute atomic E-state index is 13.4. The number of sulfonamides is 1. The van der Waals surface area contributed by atoms with E-state index in [9.17, 15) is 23.1 Å². The second kappa shape index (κ2) is 13.2. The average molecular weight is 507 g/mol. The molecule has 10 heteroatoms. The summed E-state index contributed by atoms with van der Waals surface area (Å²) in [7, 11) is -2.46. The molecule has 0 bridgehead atoms. The van der Waals surface area contributed by atoms with Crippen molar-refractivity contribution in [1.29, 1.82) is 0 Å². The van der Waals surface area contributed by atoms with Gasteiger partial charge in [-0.3, -0.25) is 9.59 Å². The molecule has 0 fully saturated rings. The number of hydrogen-bond acceptors (Lipinski definition) is 6. The van der Waals surface area contributed by atoms with Gasteiger partial charge in [0.2, 0.25) is 15.9 Å². The first-order valence-electron chi connectivity index (χ1n) is 11.4. The zero-order chi connectivity index (χ0) is 26.0. The topological polar surface area (TPSA) is 133 Å². The molecule has 0 spiro atoms. The number of benzene rings is 2. The normalized spacial score (nSPS) is 13.4. The molecule has 0 aliphatic heterocycles. The summed E-state index contributed by atoms with van der Waals surface area (Å²) in [6.07, 6.45) is -1.58. The lowest BCUT2D eigenvalue weighted by atomic mass is 10.0. The zero-order valence-corrected chi connectivity index (χ0v) is 21.1. The van der Waals surface area contributed by atoms with Crippen molar-refractivity contribution in [2.45, 2.75) is 50.2 Å². The van der Waals surface area contributed by atoms with Gasteiger partial charge in [-0.05, 0) is 42.2 Å². The van der Waals surface area contributed by atoms with Gasteiger partial charge in [0.15, 0.2) is 0 Å². The van der Waals surface area contributed by atoms with Crippen LogP contribution in [-0.2, 0) is 26.0 Å². The summed E-state index contributed by atoms with van der Waals surface area (Å²) in [5.41, 5.74) is 0.837. The molecule has 0 saturated carbocycles. The van der Waals surface area contributed by atoms with Crippen molar-refractivity contribution in [3.8, 4) is 5.75 Å². The molecule has 2 rings (SSSR count). The fourth-order valence-electron chi connectivity index (χ4n) is 3.56. The molecule has 3 N–H and O–H groups in total. The van der Waals surface area contributed by atoms with Gasteiger partial charge in [-0.2, -0.15) is 4.31 Å². The molecular weight excluding hydrogens is 472 g/mol. The molecule has 0 radical (unpaired) electrons. The Morgan fingerprint density at radius 3 is 2.17 bits per heavy atom. The van der Waals surface area contributed by atoms with Gasteiger partial charge in [0.1, 0.15) is 5.75 Å². The van der Waals surface area contributed by atoms with E-state index in [0.717, 1.165) is 5.56 Å². The molecule has 0 aliphatic carbocycles. The van der Waals surface area contributed by atoms with E-state index < -0.39 is 34.0 Å². The van der Waals surface area contributed by atoms with E-state index in [-0.39, 0.29) is 43.2 Å². The minimum atomic E-state index is -3.95. The third kappa shape index (κ3) is 8.97. The number of rotatable bonds is 14. The number of carboxylic acid groups (broad SMARTS) is 1. The van der Waals surface area contributed by atoms with Crippen LogP contribution in [0.4, 0.5) is 0 Å². The van der Waals surface area contributed by atoms with Crippen LogP contribution in [0.5, 0.6) is 5.75 Å². The van der Waals surface area contributed by atoms with E-state index in [1.54, 1.807) is 12.1 Å². The Kier molecular flexibility index (Phi) is 10.7. The highest BCUT2D eigenvalue weighted by Crippen LogP contribution is 2.21. The number of aliphatic hydroxyl groups excluding tert-OH is 1. The molecule has 0 heterocycles. The van der Waals surface area contributed by atoms with E-state index in [1.807, 2.05) is 44.2 Å². The SMILES string of the molecule is COc1ccc(S(=O)(=O)N(CC(C)C)C[C@@H](O)[C@H](Cc2ccccc2)NC(=O)CCC(=O)O)cc1. The summed E-state index contributed by atoms with van der Waals surface area (Å²) < 4.78 is 33.1. The Bertz CT molecular complexity index is 1060. The van der Waals surface area contributed by atoms with Crippen LogP contribution in [-0.4, -0.2) is 67.2 Å². The Morgan fingerprint density at radius 1 is 1.00 bits per heavy atom. The number of hydrogen-bond donors (Lipinski definition) is 3. The number of aliphatic carboxylic acids is 1. The number of carboxylic acids is 1. The van der Waals surface area contributed by atoms with E-state index in [1.165, 1.54) is 23.5 Å². The van der Waals surface area contributed by atoms with Crippen molar-refractivity contribution in [1.82, 2.24) is 9.62 Å². The fraction of sp³-hybridized carbons (Fsp3) is 0.440. The van der Waals surface area contributed by atoms with Crippen molar-refractivity contribution >= 4 is 21.9 Å². The van der Waals surface area contributed by atoms with Crippen molar-refractivity contribution in [2.75, 3.05) is 20.2 Å². The number of carbonyl (C=O) groups is 2. The van der Waals surface area contributed by atoms with E-state index in [4.69, 9.17) is 9.84 Å². The number of methoxy groups -OCH3 is 1. The number of carbonyl (C=O) groups excluding carboxylic acids is 1. The van der Waals surface area contributed by atoms with Gasteiger partial charge in [-0.25, -0.2) is 8.42 Å². The van der Waals surface area contributed by atoms with Crippen molar-refractivity contribution < 1.29 is 33.0 Å². The standard InChI is InChI=1S/C25H34N2O7S/c1-18(2)16-27(35(32,33)21-11-9-20(34-3)10-12-21)17-23(28)22(15-19-7-5-4-6-8-19)26-24(29)13-14-25(30)31/h4-12,18,22-23,28H,13-17H2,1-3H3,(H,26,29)(H,30,31)/t22-,23+/m0/s1. The van der Waals surface area contributed by atoms with Gasteiger partial charge in [0.25, 0.3) is 0 Å². The molecule has 2 atom stereocenters. The molecule has 2 aromatic carbocycles. The first-order chi connectivity index (χ1) is 16.5. The van der Waals surface area contributed by atoms with Gasteiger partial charge in [0.05, 0.1) is 30.6 Å². The molecular formula is C25H34N2O7S. The fourth-order valence-corrected chi connectivity index (χ4v) is 5.18. The highest BCUT2D eigenvalue weighted by atomic mass is 32.2. The Balaban J connectivity index is 2.28. The zero-order valence-electron chi connectivity index (χ0n) is 20.3. The molecule has 0 saturated heterocycles. The maximum Gasteiger partial charge on any atom is 0.303 e. The summed E-state index contributed by atoms with van der Waals surface area (Å²) in [5.74, 6) is -1.13. The second-order valence-corrected chi connectivity index (χ2v) is 10.7. The van der Waals surface area contributed by atoms with Crippen molar-refractivity contribution in [3.63, 3.8) is 0 Å². The number of nitrogens with one attached hydrogen (secondary N) is 1. The van der Waals surface area contributed by atoms with E-state index in [2.05, 4.69) is 5.32 Å². The van der Waals surface area contributed by atoms with Gasteiger partial charge in [-0.15, -0.1) is 0 Å². The monoisotopic (exact) mass is 506 g/mol. The van der Waals surface area contributed by atoms with Gasteiger partial charge < -0.3 is 20.3 Å². The molecule has 1 amide bonds. The number of nitrogens with zero attached hydrogens (tertiary/aromatic N) is 1. The number of amides is 1. The third-order valence-corrected chi connectivity index (χ3v) is 7.18. The van der Waals surface area contributed by atoms with Gasteiger partial charge in [-0.1, -0.05) is 44.2 Å².